The lowest BCUT2D eigenvalue weighted by molar-refractivity contribution is -0.159. The molecule has 0 radical (unpaired) electrons. The molecular formula is C29H27Cl2N3O5. The molecule has 2 aliphatic heterocycles. The number of halogens is 2. The van der Waals surface area contributed by atoms with Gasteiger partial charge in [0.2, 0.25) is 0 Å². The van der Waals surface area contributed by atoms with Crippen LogP contribution in [0.1, 0.15) is 58.3 Å². The van der Waals surface area contributed by atoms with Gasteiger partial charge in [0.1, 0.15) is 6.04 Å². The molecule has 3 unspecified atom stereocenters. The van der Waals surface area contributed by atoms with E-state index in [0.29, 0.717) is 39.7 Å². The second-order valence-electron chi connectivity index (χ2n) is 9.61. The number of carbonyl (C=O) groups excluding carboxylic acids is 2. The fourth-order valence-corrected chi connectivity index (χ4v) is 5.59. The molecule has 5 rings (SSSR count). The summed E-state index contributed by atoms with van der Waals surface area (Å²) in [6, 6.07) is 19.2. The smallest absolute Gasteiger partial charge is 0.322 e. The number of hydroxylamine groups is 1. The molecular weight excluding hydrogens is 541 g/mol. The fraction of sp³-hybridized carbons (Fsp3) is 0.276. The number of carboxylic acids is 1. The van der Waals surface area contributed by atoms with Gasteiger partial charge < -0.3 is 5.11 Å². The van der Waals surface area contributed by atoms with Crippen molar-refractivity contribution in [3.05, 3.63) is 105 Å². The number of nitrogens with zero attached hydrogens (tertiary/aromatic N) is 2. The average Bonchev–Trinajstić information content (AvgIpc) is 2.94. The van der Waals surface area contributed by atoms with E-state index in [9.17, 15) is 19.5 Å². The summed E-state index contributed by atoms with van der Waals surface area (Å²) >= 11 is 12.1. The Balaban J connectivity index is 1.55. The molecule has 0 spiro atoms. The van der Waals surface area contributed by atoms with Crippen LogP contribution in [0.4, 0.5) is 0 Å². The van der Waals surface area contributed by atoms with Gasteiger partial charge in [-0.3, -0.25) is 24.2 Å². The Bertz CT molecular complexity index is 1370. The van der Waals surface area contributed by atoms with E-state index in [-0.39, 0.29) is 12.5 Å². The highest BCUT2D eigenvalue weighted by Crippen LogP contribution is 2.45. The van der Waals surface area contributed by atoms with Gasteiger partial charge in [0.05, 0.1) is 18.6 Å². The molecule has 2 heterocycles. The monoisotopic (exact) mass is 567 g/mol. The number of carboxylic acid groups (broad SMARTS) is 1. The molecule has 10 heteroatoms. The first kappa shape index (κ1) is 27.1. The normalized spacial score (nSPS) is 21.3. The Kier molecular flexibility index (Phi) is 8.18. The number of rotatable bonds is 7. The zero-order chi connectivity index (χ0) is 27.5. The molecule has 8 nitrogen and oxygen atoms in total. The van der Waals surface area contributed by atoms with Gasteiger partial charge in [-0.15, -0.1) is 0 Å². The van der Waals surface area contributed by atoms with Crippen LogP contribution in [-0.2, 0) is 21.0 Å². The molecule has 2 N–H and O–H groups in total. The van der Waals surface area contributed by atoms with Crippen molar-refractivity contribution in [3.8, 4) is 0 Å². The first-order chi connectivity index (χ1) is 18.8. The molecule has 3 aromatic carbocycles. The number of aliphatic carboxylic acids is 1. The van der Waals surface area contributed by atoms with Crippen LogP contribution in [0.2, 0.25) is 10.0 Å². The lowest BCUT2D eigenvalue weighted by atomic mass is 9.80. The standard InChI is InChI=1S/C29H27Cl2N3O5/c30-20-12-8-18(9-13-20)17-39-32-27(35)25-22-5-1-2-6-23(22)28(36)34(26(25)19-10-14-21(31)15-11-19)33-16-4-3-7-24(33)29(37)38/h1-2,5-6,8-15,24-26H,3-4,7,16-17H2,(H,32,35)(H,37,38). The number of hydrogen-bond donors (Lipinski definition) is 2. The number of piperidine rings is 1. The van der Waals surface area contributed by atoms with Crippen molar-refractivity contribution >= 4 is 41.0 Å². The summed E-state index contributed by atoms with van der Waals surface area (Å²) in [5.41, 5.74) is 4.91. The van der Waals surface area contributed by atoms with E-state index in [4.69, 9.17) is 28.0 Å². The van der Waals surface area contributed by atoms with Gasteiger partial charge >= 0.3 is 5.97 Å². The summed E-state index contributed by atoms with van der Waals surface area (Å²) in [5, 5.41) is 14.2. The van der Waals surface area contributed by atoms with Crippen molar-refractivity contribution in [3.63, 3.8) is 0 Å². The van der Waals surface area contributed by atoms with Crippen LogP contribution in [0.5, 0.6) is 0 Å². The maximum atomic E-state index is 14.0. The second kappa shape index (κ2) is 11.8. The van der Waals surface area contributed by atoms with E-state index in [1.165, 1.54) is 5.01 Å². The summed E-state index contributed by atoms with van der Waals surface area (Å²) in [6.45, 7) is 0.481. The van der Waals surface area contributed by atoms with Crippen LogP contribution >= 0.6 is 23.2 Å². The minimum atomic E-state index is -1.01. The molecule has 202 valence electrons. The molecule has 3 atom stereocenters. The summed E-state index contributed by atoms with van der Waals surface area (Å²) in [7, 11) is 0. The Hall–Kier alpha value is -3.43. The third-order valence-electron chi connectivity index (χ3n) is 7.17. The van der Waals surface area contributed by atoms with Gasteiger partial charge in [-0.1, -0.05) is 65.7 Å². The maximum Gasteiger partial charge on any atom is 0.322 e. The predicted molar refractivity (Wildman–Crippen MR) is 146 cm³/mol. The largest absolute Gasteiger partial charge is 0.480 e. The number of hydrogen-bond acceptors (Lipinski definition) is 5. The summed E-state index contributed by atoms with van der Waals surface area (Å²) in [4.78, 5) is 45.7. The van der Waals surface area contributed by atoms with E-state index >= 15 is 0 Å². The second-order valence-corrected chi connectivity index (χ2v) is 10.5. The fourth-order valence-electron chi connectivity index (χ4n) is 5.34. The SMILES string of the molecule is O=C(NOCc1ccc(Cl)cc1)C1c2ccccc2C(=O)N(N2CCCCC2C(=O)O)C1c1ccc(Cl)cc1. The molecule has 1 saturated heterocycles. The van der Waals surface area contributed by atoms with Crippen molar-refractivity contribution in [1.82, 2.24) is 15.5 Å². The molecule has 0 bridgehead atoms. The average molecular weight is 568 g/mol. The topological polar surface area (TPSA) is 99.2 Å². The quantitative estimate of drug-likeness (QED) is 0.372. The van der Waals surface area contributed by atoms with Gasteiger partial charge in [-0.05, 0) is 66.3 Å². The highest BCUT2D eigenvalue weighted by molar-refractivity contribution is 6.30. The Labute approximate surface area is 236 Å². The van der Waals surface area contributed by atoms with E-state index < -0.39 is 29.9 Å². The highest BCUT2D eigenvalue weighted by Gasteiger charge is 2.49. The number of amides is 2. The zero-order valence-corrected chi connectivity index (χ0v) is 22.4. The van der Waals surface area contributed by atoms with E-state index in [1.54, 1.807) is 77.8 Å². The molecule has 39 heavy (non-hydrogen) atoms. The molecule has 0 aromatic heterocycles. The molecule has 0 saturated carbocycles. The Morgan fingerprint density at radius 3 is 2.31 bits per heavy atom. The van der Waals surface area contributed by atoms with Gasteiger partial charge in [-0.25, -0.2) is 10.5 Å². The zero-order valence-electron chi connectivity index (χ0n) is 20.9. The highest BCUT2D eigenvalue weighted by atomic mass is 35.5. The van der Waals surface area contributed by atoms with Crippen LogP contribution in [0.25, 0.3) is 0 Å². The van der Waals surface area contributed by atoms with Crippen molar-refractivity contribution in [1.29, 1.82) is 0 Å². The summed E-state index contributed by atoms with van der Waals surface area (Å²) in [5.74, 6) is -2.72. The van der Waals surface area contributed by atoms with Gasteiger partial charge in [0, 0.05) is 22.2 Å². The summed E-state index contributed by atoms with van der Waals surface area (Å²) in [6.07, 6.45) is 1.86. The predicted octanol–water partition coefficient (Wildman–Crippen LogP) is 5.38. The minimum absolute atomic E-state index is 0.110. The van der Waals surface area contributed by atoms with Gasteiger partial charge in [-0.2, -0.15) is 0 Å². The summed E-state index contributed by atoms with van der Waals surface area (Å²) < 4.78 is 0. The lowest BCUT2D eigenvalue weighted by Gasteiger charge is -2.49. The number of hydrazine groups is 1. The first-order valence-electron chi connectivity index (χ1n) is 12.7. The van der Waals surface area contributed by atoms with Crippen molar-refractivity contribution in [2.75, 3.05) is 6.54 Å². The number of carbonyl (C=O) groups is 3. The van der Waals surface area contributed by atoms with Crippen LogP contribution in [0, 0.1) is 0 Å². The van der Waals surface area contributed by atoms with Crippen molar-refractivity contribution in [2.24, 2.45) is 0 Å². The lowest BCUT2D eigenvalue weighted by Crippen LogP contribution is -2.60. The van der Waals surface area contributed by atoms with Crippen LogP contribution < -0.4 is 5.48 Å². The molecule has 2 amide bonds. The first-order valence-corrected chi connectivity index (χ1v) is 13.4. The van der Waals surface area contributed by atoms with Crippen LogP contribution in [-0.4, -0.2) is 45.5 Å². The van der Waals surface area contributed by atoms with Crippen molar-refractivity contribution in [2.45, 2.75) is 43.9 Å². The Morgan fingerprint density at radius 1 is 0.949 bits per heavy atom. The number of nitrogens with one attached hydrogen (secondary N) is 1. The van der Waals surface area contributed by atoms with E-state index in [2.05, 4.69) is 5.48 Å². The van der Waals surface area contributed by atoms with Crippen LogP contribution in [0.3, 0.4) is 0 Å². The van der Waals surface area contributed by atoms with Crippen molar-refractivity contribution < 1.29 is 24.3 Å². The minimum Gasteiger partial charge on any atom is -0.480 e. The van der Waals surface area contributed by atoms with Crippen LogP contribution in [0.15, 0.2) is 72.8 Å². The molecule has 0 aliphatic carbocycles. The van der Waals surface area contributed by atoms with Gasteiger partial charge in [0.15, 0.2) is 0 Å². The number of fused-ring (bicyclic) bond motifs is 1. The Morgan fingerprint density at radius 2 is 1.62 bits per heavy atom. The molecule has 1 fully saturated rings. The van der Waals surface area contributed by atoms with E-state index in [1.807, 2.05) is 0 Å². The third-order valence-corrected chi connectivity index (χ3v) is 7.67. The van der Waals surface area contributed by atoms with E-state index in [0.717, 1.165) is 18.4 Å². The third kappa shape index (κ3) is 5.65. The maximum absolute atomic E-state index is 14.0. The number of benzene rings is 3. The van der Waals surface area contributed by atoms with Gasteiger partial charge in [0.25, 0.3) is 11.8 Å². The molecule has 2 aliphatic rings. The molecule has 3 aromatic rings.